The number of ether oxygens (including phenoxy) is 1. The molecule has 0 aliphatic heterocycles. The molecule has 1 saturated carbocycles. The van der Waals surface area contributed by atoms with Crippen molar-refractivity contribution >= 4 is 0 Å². The molecule has 20 heavy (non-hydrogen) atoms. The topological polar surface area (TPSA) is 54.4 Å². The largest absolute Gasteiger partial charge is 0.481 e. The van der Waals surface area contributed by atoms with Crippen LogP contribution in [-0.2, 0) is 0 Å². The SMILES string of the molecule is COc1cc(C2CCC[C@](O)(NC(C)C)C2)c(F)cn1. The number of hydrogen-bond donors (Lipinski definition) is 2. The fourth-order valence-electron chi connectivity index (χ4n) is 3.05. The molecule has 0 amide bonds. The molecule has 0 saturated heterocycles. The third-order valence-corrected chi connectivity index (χ3v) is 3.79. The first kappa shape index (κ1) is 15.2. The van der Waals surface area contributed by atoms with Crippen molar-refractivity contribution < 1.29 is 14.2 Å². The van der Waals surface area contributed by atoms with E-state index in [-0.39, 0.29) is 17.8 Å². The second-order valence-electron chi connectivity index (χ2n) is 5.87. The van der Waals surface area contributed by atoms with Gasteiger partial charge in [0.1, 0.15) is 11.5 Å². The summed E-state index contributed by atoms with van der Waals surface area (Å²) in [6.45, 7) is 4.00. The Labute approximate surface area is 119 Å². The minimum atomic E-state index is -0.917. The van der Waals surface area contributed by atoms with Crippen LogP contribution in [0.4, 0.5) is 4.39 Å². The van der Waals surface area contributed by atoms with E-state index in [1.165, 1.54) is 13.3 Å². The number of pyridine rings is 1. The van der Waals surface area contributed by atoms with Gasteiger partial charge in [-0.25, -0.2) is 9.37 Å². The molecule has 4 nitrogen and oxygen atoms in total. The normalized spacial score (nSPS) is 26.8. The van der Waals surface area contributed by atoms with Gasteiger partial charge in [-0.3, -0.25) is 5.32 Å². The van der Waals surface area contributed by atoms with Crippen molar-refractivity contribution in [1.29, 1.82) is 0 Å². The van der Waals surface area contributed by atoms with E-state index < -0.39 is 5.72 Å². The lowest BCUT2D eigenvalue weighted by Crippen LogP contribution is -2.51. The third kappa shape index (κ3) is 3.46. The van der Waals surface area contributed by atoms with Gasteiger partial charge in [0, 0.05) is 12.1 Å². The summed E-state index contributed by atoms with van der Waals surface area (Å²) in [5.74, 6) is 0.0637. The average Bonchev–Trinajstić information content (AvgIpc) is 2.37. The van der Waals surface area contributed by atoms with Gasteiger partial charge < -0.3 is 9.84 Å². The second kappa shape index (κ2) is 6.06. The van der Waals surface area contributed by atoms with Crippen LogP contribution in [0.5, 0.6) is 5.88 Å². The first-order valence-electron chi connectivity index (χ1n) is 7.13. The Bertz CT molecular complexity index is 467. The van der Waals surface area contributed by atoms with Gasteiger partial charge in [0.15, 0.2) is 0 Å². The van der Waals surface area contributed by atoms with Crippen molar-refractivity contribution in [2.45, 2.75) is 57.2 Å². The molecule has 1 aromatic rings. The predicted molar refractivity (Wildman–Crippen MR) is 75.2 cm³/mol. The Balaban J connectivity index is 2.20. The Morgan fingerprint density at radius 2 is 2.30 bits per heavy atom. The number of aromatic nitrogens is 1. The molecule has 0 spiro atoms. The van der Waals surface area contributed by atoms with Crippen LogP contribution in [-0.4, -0.2) is 29.0 Å². The molecule has 0 bridgehead atoms. The lowest BCUT2D eigenvalue weighted by atomic mass is 9.79. The fourth-order valence-corrected chi connectivity index (χ4v) is 3.05. The lowest BCUT2D eigenvalue weighted by molar-refractivity contribution is -0.0412. The Morgan fingerprint density at radius 3 is 2.95 bits per heavy atom. The van der Waals surface area contributed by atoms with Gasteiger partial charge >= 0.3 is 0 Å². The molecule has 2 N–H and O–H groups in total. The zero-order valence-corrected chi connectivity index (χ0v) is 12.3. The van der Waals surface area contributed by atoms with Crippen LogP contribution in [0.3, 0.4) is 0 Å². The molecule has 1 heterocycles. The number of hydrogen-bond acceptors (Lipinski definition) is 4. The Kier molecular flexibility index (Phi) is 4.60. The summed E-state index contributed by atoms with van der Waals surface area (Å²) in [5.41, 5.74) is -0.333. The van der Waals surface area contributed by atoms with E-state index in [2.05, 4.69) is 10.3 Å². The third-order valence-electron chi connectivity index (χ3n) is 3.79. The maximum Gasteiger partial charge on any atom is 0.213 e. The molecule has 0 aromatic carbocycles. The number of aliphatic hydroxyl groups is 1. The monoisotopic (exact) mass is 282 g/mol. The first-order chi connectivity index (χ1) is 9.43. The molecule has 2 atom stereocenters. The van der Waals surface area contributed by atoms with Gasteiger partial charge in [-0.2, -0.15) is 0 Å². The van der Waals surface area contributed by atoms with Crippen LogP contribution in [0, 0.1) is 5.82 Å². The van der Waals surface area contributed by atoms with Crippen LogP contribution < -0.4 is 10.1 Å². The maximum atomic E-state index is 14.0. The van der Waals surface area contributed by atoms with E-state index in [0.29, 0.717) is 24.3 Å². The van der Waals surface area contributed by atoms with Gasteiger partial charge in [-0.1, -0.05) is 0 Å². The van der Waals surface area contributed by atoms with E-state index in [0.717, 1.165) is 12.8 Å². The summed E-state index contributed by atoms with van der Waals surface area (Å²) >= 11 is 0. The molecule has 5 heteroatoms. The van der Waals surface area contributed by atoms with Gasteiger partial charge in [0.05, 0.1) is 13.3 Å². The Hall–Kier alpha value is -1.20. The smallest absolute Gasteiger partial charge is 0.213 e. The van der Waals surface area contributed by atoms with Gasteiger partial charge in [0.2, 0.25) is 5.88 Å². The highest BCUT2D eigenvalue weighted by atomic mass is 19.1. The predicted octanol–water partition coefficient (Wildman–Crippen LogP) is 2.57. The molecule has 1 aliphatic carbocycles. The van der Waals surface area contributed by atoms with E-state index in [1.807, 2.05) is 13.8 Å². The van der Waals surface area contributed by atoms with Crippen LogP contribution in [0.15, 0.2) is 12.3 Å². The maximum absolute atomic E-state index is 14.0. The standard InChI is InChI=1S/C15H23FN2O2/c1-10(2)18-15(19)6-4-5-11(8-15)12-7-14(20-3)17-9-13(12)16/h7,9-11,18-19H,4-6,8H2,1-3H3/t11?,15-/m1/s1. The van der Waals surface area contributed by atoms with Gasteiger partial charge in [-0.05, 0) is 51.0 Å². The molecule has 1 aromatic heterocycles. The van der Waals surface area contributed by atoms with Crippen molar-refractivity contribution in [2.75, 3.05) is 7.11 Å². The van der Waals surface area contributed by atoms with E-state index in [4.69, 9.17) is 4.74 Å². The lowest BCUT2D eigenvalue weighted by Gasteiger charge is -2.39. The van der Waals surface area contributed by atoms with Crippen LogP contribution in [0.25, 0.3) is 0 Å². The molecular formula is C15H23FN2O2. The molecule has 0 radical (unpaired) electrons. The van der Waals surface area contributed by atoms with Crippen molar-refractivity contribution in [3.8, 4) is 5.88 Å². The summed E-state index contributed by atoms with van der Waals surface area (Å²) in [5, 5.41) is 13.8. The zero-order chi connectivity index (χ0) is 14.8. The molecule has 112 valence electrons. The van der Waals surface area contributed by atoms with Crippen molar-refractivity contribution in [2.24, 2.45) is 0 Å². The van der Waals surface area contributed by atoms with Crippen LogP contribution >= 0.6 is 0 Å². The summed E-state index contributed by atoms with van der Waals surface area (Å²) in [6, 6.07) is 1.83. The van der Waals surface area contributed by atoms with E-state index in [1.54, 1.807) is 6.07 Å². The molecule has 1 fully saturated rings. The molecular weight excluding hydrogens is 259 g/mol. The number of rotatable bonds is 4. The van der Waals surface area contributed by atoms with Crippen LogP contribution in [0.1, 0.15) is 51.0 Å². The average molecular weight is 282 g/mol. The highest BCUT2D eigenvalue weighted by Crippen LogP contribution is 2.39. The Morgan fingerprint density at radius 1 is 1.55 bits per heavy atom. The second-order valence-corrected chi connectivity index (χ2v) is 5.87. The summed E-state index contributed by atoms with van der Waals surface area (Å²) in [6.07, 6.45) is 4.13. The molecule has 1 aliphatic rings. The number of halogens is 1. The quantitative estimate of drug-likeness (QED) is 0.833. The van der Waals surface area contributed by atoms with Gasteiger partial charge in [-0.15, -0.1) is 0 Å². The van der Waals surface area contributed by atoms with E-state index >= 15 is 0 Å². The minimum absolute atomic E-state index is 0.0168. The fraction of sp³-hybridized carbons (Fsp3) is 0.667. The van der Waals surface area contributed by atoms with Crippen molar-refractivity contribution in [3.05, 3.63) is 23.6 Å². The highest BCUT2D eigenvalue weighted by molar-refractivity contribution is 5.26. The number of methoxy groups -OCH3 is 1. The number of nitrogens with zero attached hydrogens (tertiary/aromatic N) is 1. The van der Waals surface area contributed by atoms with Crippen molar-refractivity contribution in [1.82, 2.24) is 10.3 Å². The van der Waals surface area contributed by atoms with Gasteiger partial charge in [0.25, 0.3) is 0 Å². The minimum Gasteiger partial charge on any atom is -0.481 e. The summed E-state index contributed by atoms with van der Waals surface area (Å²) in [4.78, 5) is 3.86. The highest BCUT2D eigenvalue weighted by Gasteiger charge is 2.36. The van der Waals surface area contributed by atoms with Crippen LogP contribution in [0.2, 0.25) is 0 Å². The number of nitrogens with one attached hydrogen (secondary N) is 1. The zero-order valence-electron chi connectivity index (χ0n) is 12.3. The van der Waals surface area contributed by atoms with Crippen molar-refractivity contribution in [3.63, 3.8) is 0 Å². The van der Waals surface area contributed by atoms with E-state index in [9.17, 15) is 9.50 Å². The molecule has 2 rings (SSSR count). The molecule has 1 unspecified atom stereocenters. The summed E-state index contributed by atoms with van der Waals surface area (Å²) < 4.78 is 19.0. The first-order valence-corrected chi connectivity index (χ1v) is 7.13. The summed E-state index contributed by atoms with van der Waals surface area (Å²) in [7, 11) is 1.52.